The molecule has 0 radical (unpaired) electrons. The molecule has 5 N–H and O–H groups in total. The summed E-state index contributed by atoms with van der Waals surface area (Å²) in [5.74, 6) is 0.488. The van der Waals surface area contributed by atoms with Crippen molar-refractivity contribution < 1.29 is 0 Å². The Morgan fingerprint density at radius 3 is 2.68 bits per heavy atom. The quantitative estimate of drug-likeness (QED) is 0.601. The lowest BCUT2D eigenvalue weighted by atomic mass is 10.2. The average Bonchev–Trinajstić information content (AvgIpc) is 2.76. The van der Waals surface area contributed by atoms with E-state index >= 15 is 0 Å². The number of hydrogen-bond acceptors (Lipinski definition) is 7. The van der Waals surface area contributed by atoms with Crippen molar-refractivity contribution in [3.8, 4) is 0 Å². The van der Waals surface area contributed by atoms with Gasteiger partial charge in [0.1, 0.15) is 5.82 Å². The third-order valence-electron chi connectivity index (χ3n) is 2.62. The number of fused-ring (bicyclic) bond motifs is 1. The number of aromatic amines is 1. The number of nitrogens with two attached hydrogens (primary N) is 2. The molecule has 19 heavy (non-hydrogen) atoms. The maximum absolute atomic E-state index is 5.64. The molecule has 0 fully saturated rings. The first-order valence-electron chi connectivity index (χ1n) is 5.46. The first-order valence-corrected chi connectivity index (χ1v) is 5.46. The summed E-state index contributed by atoms with van der Waals surface area (Å²) in [5.41, 5.74) is 12.3. The van der Waals surface area contributed by atoms with Crippen LogP contribution in [0.3, 0.4) is 0 Å². The Morgan fingerprint density at radius 1 is 1.05 bits per heavy atom. The van der Waals surface area contributed by atoms with Gasteiger partial charge in [0.25, 0.3) is 0 Å². The second kappa shape index (κ2) is 4.33. The number of H-pyrrole nitrogens is 1. The van der Waals surface area contributed by atoms with Crippen molar-refractivity contribution in [3.05, 3.63) is 30.6 Å². The largest absolute Gasteiger partial charge is 0.382 e. The fourth-order valence-corrected chi connectivity index (χ4v) is 1.67. The van der Waals surface area contributed by atoms with Crippen LogP contribution < -0.4 is 11.5 Å². The average molecular weight is 254 g/mol. The van der Waals surface area contributed by atoms with E-state index < -0.39 is 0 Å². The van der Waals surface area contributed by atoms with Gasteiger partial charge in [-0.05, 0) is 6.07 Å². The molecule has 0 atom stereocenters. The number of nitrogens with one attached hydrogen (secondary N) is 1. The molecule has 0 saturated carbocycles. The monoisotopic (exact) mass is 254 g/mol. The van der Waals surface area contributed by atoms with Gasteiger partial charge in [0, 0.05) is 10.8 Å². The van der Waals surface area contributed by atoms with Crippen molar-refractivity contribution in [3.63, 3.8) is 0 Å². The molecule has 0 aliphatic heterocycles. The van der Waals surface area contributed by atoms with Crippen LogP contribution in [0.4, 0.5) is 23.0 Å². The van der Waals surface area contributed by atoms with Gasteiger partial charge in [-0.1, -0.05) is 12.1 Å². The fraction of sp³-hybridized carbons (Fsp3) is 0. The molecule has 1 aromatic carbocycles. The highest BCUT2D eigenvalue weighted by Crippen LogP contribution is 2.30. The highest BCUT2D eigenvalue weighted by atomic mass is 15.2. The van der Waals surface area contributed by atoms with Gasteiger partial charge in [-0.25, -0.2) is 0 Å². The topological polar surface area (TPSA) is 131 Å². The predicted octanol–water partition coefficient (Wildman–Crippen LogP) is 1.93. The molecule has 3 aromatic rings. The lowest BCUT2D eigenvalue weighted by Gasteiger charge is -1.98. The van der Waals surface area contributed by atoms with Crippen LogP contribution in [0.5, 0.6) is 0 Å². The maximum atomic E-state index is 5.64. The number of nitrogen functional groups attached to an aromatic ring is 2. The van der Waals surface area contributed by atoms with Gasteiger partial charge in [-0.3, -0.25) is 5.10 Å². The van der Waals surface area contributed by atoms with Crippen molar-refractivity contribution in [2.75, 3.05) is 11.5 Å². The van der Waals surface area contributed by atoms with Crippen molar-refractivity contribution in [2.24, 2.45) is 10.2 Å². The van der Waals surface area contributed by atoms with Crippen LogP contribution >= 0.6 is 0 Å². The number of hydrogen-bond donors (Lipinski definition) is 3. The third-order valence-corrected chi connectivity index (χ3v) is 2.62. The molecule has 8 heteroatoms. The van der Waals surface area contributed by atoms with Crippen molar-refractivity contribution in [1.29, 1.82) is 0 Å². The normalized spacial score (nSPS) is 11.4. The summed E-state index contributed by atoms with van der Waals surface area (Å²) in [6.07, 6.45) is 3.29. The van der Waals surface area contributed by atoms with E-state index in [2.05, 4.69) is 30.6 Å². The van der Waals surface area contributed by atoms with Crippen molar-refractivity contribution >= 4 is 33.8 Å². The van der Waals surface area contributed by atoms with E-state index in [1.807, 2.05) is 18.2 Å². The molecule has 94 valence electrons. The van der Waals surface area contributed by atoms with Crippen LogP contribution in [0.15, 0.2) is 40.8 Å². The van der Waals surface area contributed by atoms with Crippen LogP contribution in [-0.4, -0.2) is 20.4 Å². The van der Waals surface area contributed by atoms with E-state index in [0.29, 0.717) is 11.4 Å². The van der Waals surface area contributed by atoms with E-state index in [9.17, 15) is 0 Å². The van der Waals surface area contributed by atoms with Gasteiger partial charge < -0.3 is 11.5 Å². The highest BCUT2D eigenvalue weighted by Gasteiger charge is 2.07. The number of anilines is 2. The summed E-state index contributed by atoms with van der Waals surface area (Å²) in [6, 6.07) is 5.60. The van der Waals surface area contributed by atoms with Gasteiger partial charge in [-0.2, -0.15) is 15.3 Å². The van der Waals surface area contributed by atoms with Gasteiger partial charge in [-0.15, -0.1) is 10.2 Å². The lowest BCUT2D eigenvalue weighted by molar-refractivity contribution is 1.05. The predicted molar refractivity (Wildman–Crippen MR) is 71.1 cm³/mol. The minimum absolute atomic E-state index is 0.210. The zero-order valence-electron chi connectivity index (χ0n) is 9.78. The number of benzene rings is 1. The smallest absolute Gasteiger partial charge is 0.175 e. The SMILES string of the molecule is Nc1n[nH]c(N)c1N=Nc1cccc2cnncc12. The van der Waals surface area contributed by atoms with Crippen LogP contribution in [0.1, 0.15) is 0 Å². The number of rotatable bonds is 2. The first-order chi connectivity index (χ1) is 9.25. The minimum atomic E-state index is 0.210. The van der Waals surface area contributed by atoms with Gasteiger partial charge in [0.2, 0.25) is 0 Å². The fourth-order valence-electron chi connectivity index (χ4n) is 1.67. The number of azo groups is 1. The van der Waals surface area contributed by atoms with E-state index in [0.717, 1.165) is 10.8 Å². The maximum Gasteiger partial charge on any atom is 0.175 e. The van der Waals surface area contributed by atoms with E-state index in [1.54, 1.807) is 12.4 Å². The molecule has 3 rings (SSSR count). The van der Waals surface area contributed by atoms with E-state index in [-0.39, 0.29) is 11.6 Å². The van der Waals surface area contributed by atoms with Crippen LogP contribution in [0.2, 0.25) is 0 Å². The van der Waals surface area contributed by atoms with Gasteiger partial charge >= 0.3 is 0 Å². The molecule has 2 aromatic heterocycles. The third kappa shape index (κ3) is 1.95. The van der Waals surface area contributed by atoms with Gasteiger partial charge in [0.05, 0.1) is 18.1 Å². The summed E-state index contributed by atoms with van der Waals surface area (Å²) in [5, 5.41) is 23.9. The second-order valence-electron chi connectivity index (χ2n) is 3.84. The van der Waals surface area contributed by atoms with Gasteiger partial charge in [0.15, 0.2) is 11.5 Å². The van der Waals surface area contributed by atoms with Crippen molar-refractivity contribution in [1.82, 2.24) is 20.4 Å². The first kappa shape index (κ1) is 11.1. The highest BCUT2D eigenvalue weighted by molar-refractivity contribution is 5.91. The molecular weight excluding hydrogens is 244 g/mol. The van der Waals surface area contributed by atoms with E-state index in [4.69, 9.17) is 11.5 Å². The second-order valence-corrected chi connectivity index (χ2v) is 3.84. The zero-order valence-corrected chi connectivity index (χ0v) is 9.78. The van der Waals surface area contributed by atoms with Crippen LogP contribution in [-0.2, 0) is 0 Å². The molecule has 0 aliphatic rings. The van der Waals surface area contributed by atoms with Crippen LogP contribution in [0.25, 0.3) is 10.8 Å². The Hall–Kier alpha value is -3.03. The molecule has 0 spiro atoms. The number of aromatic nitrogens is 4. The molecule has 0 unspecified atom stereocenters. The molecule has 0 amide bonds. The Morgan fingerprint density at radius 2 is 1.89 bits per heavy atom. The molecule has 0 bridgehead atoms. The summed E-state index contributed by atoms with van der Waals surface area (Å²) in [7, 11) is 0. The Labute approximate surface area is 107 Å². The van der Waals surface area contributed by atoms with Crippen LogP contribution in [0, 0.1) is 0 Å². The Kier molecular flexibility index (Phi) is 2.53. The summed E-state index contributed by atoms with van der Waals surface area (Å²) < 4.78 is 0. The summed E-state index contributed by atoms with van der Waals surface area (Å²) in [6.45, 7) is 0. The lowest BCUT2D eigenvalue weighted by Crippen LogP contribution is -1.84. The summed E-state index contributed by atoms with van der Waals surface area (Å²) in [4.78, 5) is 0. The van der Waals surface area contributed by atoms with E-state index in [1.165, 1.54) is 0 Å². The number of nitrogens with zero attached hydrogens (tertiary/aromatic N) is 5. The standard InChI is InChI=1S/C11H10N8/c12-10-9(11(13)19-18-10)17-16-8-3-1-2-6-4-14-15-5-7(6)8/h1-5H,(H5,12,13,18,19). The molecule has 0 aliphatic carbocycles. The minimum Gasteiger partial charge on any atom is -0.382 e. The molecule has 0 saturated heterocycles. The Balaban J connectivity index is 2.07. The van der Waals surface area contributed by atoms with Crippen molar-refractivity contribution in [2.45, 2.75) is 0 Å². The zero-order chi connectivity index (χ0) is 13.2. The molecule has 8 nitrogen and oxygen atoms in total. The summed E-state index contributed by atoms with van der Waals surface area (Å²) >= 11 is 0. The Bertz CT molecular complexity index is 735. The molecular formula is C11H10N8. The molecule has 2 heterocycles.